The molecule has 0 unspecified atom stereocenters. The van der Waals surface area contributed by atoms with Crippen molar-refractivity contribution in [2.24, 2.45) is 0 Å². The fourth-order valence-electron chi connectivity index (χ4n) is 7.68. The van der Waals surface area contributed by atoms with Crippen molar-refractivity contribution in [3.63, 3.8) is 0 Å². The lowest BCUT2D eigenvalue weighted by atomic mass is 9.91. The summed E-state index contributed by atoms with van der Waals surface area (Å²) in [7, 11) is 0. The number of nitrogens with zero attached hydrogens (tertiary/aromatic N) is 1. The Balaban J connectivity index is 1.44. The SMILES string of the molecule is CCCCCCCCCCCCC/C=C/C(=O)N[C@H]1[C@H](O[C@@H]2O[C@H](CO)[C@@H](O)[C@H](O)[C@H]2NC(C)=O)O[C@@H](C[C@H](O)[C@H]2O[C@@H](n3ccc(=O)[nH]c3=O)[C@H](O)[C@@H]2O)[C@H](O)[C@@H]1O. The van der Waals surface area contributed by atoms with Gasteiger partial charge in [-0.25, -0.2) is 4.79 Å². The van der Waals surface area contributed by atoms with Gasteiger partial charge in [-0.3, -0.25) is 23.9 Å². The molecule has 0 aliphatic carbocycles. The molecule has 0 saturated carbocycles. The fraction of sp³-hybridized carbons (Fsp3) is 0.795. The highest BCUT2D eigenvalue weighted by atomic mass is 16.8. The Morgan fingerprint density at radius 1 is 0.797 bits per heavy atom. The quantitative estimate of drug-likeness (QED) is 0.0447. The molecule has 336 valence electrons. The Labute approximate surface area is 342 Å². The molecule has 3 aliphatic heterocycles. The fourth-order valence-corrected chi connectivity index (χ4v) is 7.68. The van der Waals surface area contributed by atoms with Gasteiger partial charge in [-0.2, -0.15) is 0 Å². The second kappa shape index (κ2) is 23.8. The van der Waals surface area contributed by atoms with E-state index in [9.17, 15) is 60.0 Å². The van der Waals surface area contributed by atoms with E-state index in [2.05, 4.69) is 17.6 Å². The third-order valence-electron chi connectivity index (χ3n) is 11.0. The monoisotopic (exact) mass is 844 g/mol. The van der Waals surface area contributed by atoms with Crippen molar-refractivity contribution in [1.82, 2.24) is 20.2 Å². The summed E-state index contributed by atoms with van der Waals surface area (Å²) in [5, 5.41) is 91.4. The Morgan fingerprint density at radius 3 is 1.93 bits per heavy atom. The molecular formula is C39H64N4O16. The molecule has 59 heavy (non-hydrogen) atoms. The van der Waals surface area contributed by atoms with Crippen molar-refractivity contribution < 1.29 is 69.4 Å². The van der Waals surface area contributed by atoms with Crippen LogP contribution < -0.4 is 21.9 Å². The zero-order valence-corrected chi connectivity index (χ0v) is 33.7. The first-order valence-electron chi connectivity index (χ1n) is 20.7. The molecule has 4 rings (SSSR count). The molecule has 3 aliphatic rings. The predicted octanol–water partition coefficient (Wildman–Crippen LogP) is -1.94. The number of carbonyl (C=O) groups is 2. The maximum atomic E-state index is 13.1. The molecule has 1 aromatic rings. The van der Waals surface area contributed by atoms with Crippen LogP contribution in [-0.2, 0) is 28.5 Å². The van der Waals surface area contributed by atoms with E-state index in [0.717, 1.165) is 49.4 Å². The molecule has 4 heterocycles. The van der Waals surface area contributed by atoms with Crippen LogP contribution in [-0.4, -0.2) is 155 Å². The van der Waals surface area contributed by atoms with Gasteiger partial charge in [0, 0.05) is 25.6 Å². The van der Waals surface area contributed by atoms with Gasteiger partial charge in [0.25, 0.3) is 5.56 Å². The lowest BCUT2D eigenvalue weighted by Crippen LogP contribution is -2.68. The number of aliphatic hydroxyl groups is 8. The summed E-state index contributed by atoms with van der Waals surface area (Å²) < 4.78 is 24.1. The predicted molar refractivity (Wildman–Crippen MR) is 207 cm³/mol. The van der Waals surface area contributed by atoms with E-state index < -0.39 is 128 Å². The molecule has 20 nitrogen and oxygen atoms in total. The van der Waals surface area contributed by atoms with Crippen LogP contribution in [0.15, 0.2) is 34.0 Å². The third-order valence-corrected chi connectivity index (χ3v) is 11.0. The summed E-state index contributed by atoms with van der Waals surface area (Å²) in [6.45, 7) is 2.55. The molecule has 0 aromatic carbocycles. The first kappa shape index (κ1) is 48.5. The molecule has 2 amide bonds. The van der Waals surface area contributed by atoms with E-state index in [1.807, 2.05) is 4.98 Å². The van der Waals surface area contributed by atoms with Crippen molar-refractivity contribution >= 4 is 11.8 Å². The zero-order chi connectivity index (χ0) is 43.2. The lowest BCUT2D eigenvalue weighted by Gasteiger charge is -2.47. The second-order valence-electron chi connectivity index (χ2n) is 15.6. The number of hydrogen-bond donors (Lipinski definition) is 11. The van der Waals surface area contributed by atoms with E-state index in [1.54, 1.807) is 6.08 Å². The highest BCUT2D eigenvalue weighted by Gasteiger charge is 2.53. The number of aromatic amines is 1. The van der Waals surface area contributed by atoms with E-state index >= 15 is 0 Å². The molecular weight excluding hydrogens is 780 g/mol. The van der Waals surface area contributed by atoms with Crippen molar-refractivity contribution in [3.8, 4) is 0 Å². The number of allylic oxidation sites excluding steroid dienone is 1. The first-order chi connectivity index (χ1) is 28.2. The second-order valence-corrected chi connectivity index (χ2v) is 15.6. The number of amides is 2. The van der Waals surface area contributed by atoms with E-state index in [-0.39, 0.29) is 0 Å². The van der Waals surface area contributed by atoms with E-state index in [0.29, 0.717) is 6.42 Å². The van der Waals surface area contributed by atoms with Gasteiger partial charge in [-0.1, -0.05) is 77.2 Å². The largest absolute Gasteiger partial charge is 0.394 e. The molecule has 0 radical (unpaired) electrons. The Hall–Kier alpha value is -3.12. The summed E-state index contributed by atoms with van der Waals surface area (Å²) in [6.07, 6.45) is -5.00. The standard InChI is InChI=1S/C39H64N4O16/c1-3-4-5-6-7-8-9-10-11-12-13-14-15-16-25(47)41-28-32(52)29(49)23(56-38(28)59-37-27(40-21(2)45)31(51)30(50)24(20-44)57-37)19-22(46)35-33(53)34(54)36(58-35)43-18-17-26(48)42-39(43)55/h15-18,22-24,27-38,44,46,49-54H,3-14,19-20H2,1-2H3,(H,40,45)(H,41,47)(H,42,48,55)/b16-15+/t22-,23-,24+,27+,28+,29-,30+,31+,32+,33-,34+,35+,36+,37-,38-/m0/s1. The molecule has 0 bridgehead atoms. The van der Waals surface area contributed by atoms with Crippen LogP contribution in [0.5, 0.6) is 0 Å². The topological polar surface area (TPSA) is 312 Å². The van der Waals surface area contributed by atoms with E-state index in [1.165, 1.54) is 51.0 Å². The van der Waals surface area contributed by atoms with Gasteiger partial charge in [0.05, 0.1) is 18.8 Å². The van der Waals surface area contributed by atoms with Crippen LogP contribution in [0.2, 0.25) is 0 Å². The Morgan fingerprint density at radius 2 is 1.36 bits per heavy atom. The van der Waals surface area contributed by atoms with E-state index in [4.69, 9.17) is 18.9 Å². The normalized spacial score (nSPS) is 34.2. The summed E-state index contributed by atoms with van der Waals surface area (Å²) in [4.78, 5) is 51.1. The van der Waals surface area contributed by atoms with Crippen LogP contribution in [0.1, 0.15) is 104 Å². The van der Waals surface area contributed by atoms with Gasteiger partial charge in [-0.05, 0) is 18.9 Å². The van der Waals surface area contributed by atoms with Gasteiger partial charge in [0.2, 0.25) is 11.8 Å². The lowest BCUT2D eigenvalue weighted by molar-refractivity contribution is -0.346. The van der Waals surface area contributed by atoms with Gasteiger partial charge in [0.15, 0.2) is 18.8 Å². The minimum atomic E-state index is -1.85. The number of unbranched alkanes of at least 4 members (excludes halogenated alkanes) is 11. The van der Waals surface area contributed by atoms with Gasteiger partial charge in [0.1, 0.15) is 60.9 Å². The minimum absolute atomic E-state index is 0.597. The smallest absolute Gasteiger partial charge is 0.330 e. The zero-order valence-electron chi connectivity index (χ0n) is 33.7. The molecule has 20 heteroatoms. The van der Waals surface area contributed by atoms with Crippen molar-refractivity contribution in [1.29, 1.82) is 0 Å². The van der Waals surface area contributed by atoms with Gasteiger partial charge >= 0.3 is 5.69 Å². The number of nitrogens with one attached hydrogen (secondary N) is 3. The van der Waals surface area contributed by atoms with Crippen LogP contribution in [0.4, 0.5) is 0 Å². The number of aromatic nitrogens is 2. The number of carbonyl (C=O) groups excluding carboxylic acids is 2. The third kappa shape index (κ3) is 13.4. The molecule has 1 aromatic heterocycles. The van der Waals surface area contributed by atoms with Crippen LogP contribution >= 0.6 is 0 Å². The van der Waals surface area contributed by atoms with Gasteiger partial charge < -0.3 is 70.4 Å². The highest BCUT2D eigenvalue weighted by Crippen LogP contribution is 2.34. The van der Waals surface area contributed by atoms with Crippen LogP contribution in [0.3, 0.4) is 0 Å². The Kier molecular flexibility index (Phi) is 19.6. The molecule has 15 atom stereocenters. The maximum Gasteiger partial charge on any atom is 0.330 e. The molecule has 0 spiro atoms. The molecule has 11 N–H and O–H groups in total. The number of ether oxygens (including phenoxy) is 4. The van der Waals surface area contributed by atoms with Crippen LogP contribution in [0.25, 0.3) is 0 Å². The average molecular weight is 845 g/mol. The minimum Gasteiger partial charge on any atom is -0.394 e. The van der Waals surface area contributed by atoms with Crippen molar-refractivity contribution in [2.75, 3.05) is 6.61 Å². The summed E-state index contributed by atoms with van der Waals surface area (Å²) in [5.74, 6) is -1.35. The summed E-state index contributed by atoms with van der Waals surface area (Å²) >= 11 is 0. The number of aliphatic hydroxyl groups excluding tert-OH is 8. The summed E-state index contributed by atoms with van der Waals surface area (Å²) in [6, 6.07) is -2.01. The number of H-pyrrole nitrogens is 1. The average Bonchev–Trinajstić information content (AvgIpc) is 3.49. The highest BCUT2D eigenvalue weighted by molar-refractivity contribution is 5.87. The molecule has 3 saturated heterocycles. The Bertz CT molecular complexity index is 1590. The van der Waals surface area contributed by atoms with Gasteiger partial charge in [-0.15, -0.1) is 0 Å². The number of hydrogen-bond acceptors (Lipinski definition) is 16. The maximum absolute atomic E-state index is 13.1. The number of rotatable bonds is 22. The van der Waals surface area contributed by atoms with Crippen LogP contribution in [0, 0.1) is 0 Å². The molecule has 3 fully saturated rings. The van der Waals surface area contributed by atoms with Crippen molar-refractivity contribution in [3.05, 3.63) is 45.3 Å². The first-order valence-corrected chi connectivity index (χ1v) is 20.7. The van der Waals surface area contributed by atoms with Crippen molar-refractivity contribution in [2.45, 2.75) is 189 Å². The summed E-state index contributed by atoms with van der Waals surface area (Å²) in [5.41, 5.74) is -1.68.